The van der Waals surface area contributed by atoms with Gasteiger partial charge in [0.05, 0.1) is 32.1 Å². The first-order chi connectivity index (χ1) is 10.1. The normalized spacial score (nSPS) is 12.4. The number of aliphatic hydroxyl groups excluding tert-OH is 1. The molecule has 0 fully saturated rings. The van der Waals surface area contributed by atoms with Gasteiger partial charge in [-0.15, -0.1) is 5.10 Å². The molecule has 0 spiro atoms. The highest BCUT2D eigenvalue weighted by Crippen LogP contribution is 2.10. The molecule has 0 aliphatic heterocycles. The molecule has 21 heavy (non-hydrogen) atoms. The maximum absolute atomic E-state index is 11.6. The quantitative estimate of drug-likeness (QED) is 0.516. The first-order valence-electron chi connectivity index (χ1n) is 7.40. The third-order valence-corrected chi connectivity index (χ3v) is 3.04. The predicted octanol–water partition coefficient (Wildman–Crippen LogP) is 1.19. The SMILES string of the molecule is CCCCOCC(O)Cn1nnc(C(=O)OC)c1CCC. The highest BCUT2D eigenvalue weighted by Gasteiger charge is 2.20. The minimum absolute atomic E-state index is 0.221. The molecular formula is C14H25N3O4. The number of carbonyl (C=O) groups is 1. The summed E-state index contributed by atoms with van der Waals surface area (Å²) in [6, 6.07) is 0. The van der Waals surface area contributed by atoms with Crippen LogP contribution in [0, 0.1) is 0 Å². The fraction of sp³-hybridized carbons (Fsp3) is 0.786. The molecule has 7 heteroatoms. The number of rotatable bonds is 10. The number of methoxy groups -OCH3 is 1. The Hall–Kier alpha value is -1.47. The van der Waals surface area contributed by atoms with Crippen molar-refractivity contribution in [1.82, 2.24) is 15.0 Å². The lowest BCUT2D eigenvalue weighted by molar-refractivity contribution is 0.0246. The van der Waals surface area contributed by atoms with Gasteiger partial charge in [0, 0.05) is 6.61 Å². The van der Waals surface area contributed by atoms with Gasteiger partial charge in [-0.05, 0) is 12.8 Å². The van der Waals surface area contributed by atoms with Crippen molar-refractivity contribution >= 4 is 5.97 Å². The number of carbonyl (C=O) groups excluding carboxylic acids is 1. The number of hydrogen-bond donors (Lipinski definition) is 1. The zero-order valence-electron chi connectivity index (χ0n) is 13.0. The second-order valence-electron chi connectivity index (χ2n) is 4.89. The fourth-order valence-corrected chi connectivity index (χ4v) is 1.94. The van der Waals surface area contributed by atoms with E-state index in [9.17, 15) is 9.90 Å². The van der Waals surface area contributed by atoms with Crippen molar-refractivity contribution < 1.29 is 19.4 Å². The van der Waals surface area contributed by atoms with E-state index in [4.69, 9.17) is 9.47 Å². The summed E-state index contributed by atoms with van der Waals surface area (Å²) in [7, 11) is 1.31. The molecule has 0 radical (unpaired) electrons. The van der Waals surface area contributed by atoms with Crippen molar-refractivity contribution in [3.05, 3.63) is 11.4 Å². The van der Waals surface area contributed by atoms with Gasteiger partial charge < -0.3 is 14.6 Å². The summed E-state index contributed by atoms with van der Waals surface area (Å²) in [6.07, 6.45) is 2.86. The van der Waals surface area contributed by atoms with Gasteiger partial charge in [0.25, 0.3) is 0 Å². The van der Waals surface area contributed by atoms with E-state index in [2.05, 4.69) is 17.2 Å². The minimum Gasteiger partial charge on any atom is -0.464 e. The number of ether oxygens (including phenoxy) is 2. The van der Waals surface area contributed by atoms with E-state index in [-0.39, 0.29) is 18.8 Å². The summed E-state index contributed by atoms with van der Waals surface area (Å²) < 4.78 is 11.6. The molecule has 0 saturated heterocycles. The van der Waals surface area contributed by atoms with E-state index in [1.165, 1.54) is 7.11 Å². The maximum atomic E-state index is 11.6. The lowest BCUT2D eigenvalue weighted by atomic mass is 10.2. The monoisotopic (exact) mass is 299 g/mol. The van der Waals surface area contributed by atoms with E-state index >= 15 is 0 Å². The molecule has 120 valence electrons. The Bertz CT molecular complexity index is 434. The van der Waals surface area contributed by atoms with Crippen LogP contribution in [0.3, 0.4) is 0 Å². The number of hydrogen-bond acceptors (Lipinski definition) is 6. The second kappa shape index (κ2) is 9.46. The highest BCUT2D eigenvalue weighted by molar-refractivity contribution is 5.88. The van der Waals surface area contributed by atoms with E-state index < -0.39 is 12.1 Å². The molecule has 0 bridgehead atoms. The van der Waals surface area contributed by atoms with Gasteiger partial charge in [0.2, 0.25) is 0 Å². The van der Waals surface area contributed by atoms with E-state index in [1.807, 2.05) is 6.92 Å². The van der Waals surface area contributed by atoms with Crippen molar-refractivity contribution in [3.8, 4) is 0 Å². The Morgan fingerprint density at radius 2 is 2.14 bits per heavy atom. The standard InChI is InChI=1S/C14H25N3O4/c1-4-6-8-21-10-11(18)9-17-12(7-5-2)13(15-16-17)14(19)20-3/h11,18H,4-10H2,1-3H3. The summed E-state index contributed by atoms with van der Waals surface area (Å²) in [5.41, 5.74) is 0.912. The minimum atomic E-state index is -0.676. The third kappa shape index (κ3) is 5.43. The van der Waals surface area contributed by atoms with Crippen LogP contribution in [0.5, 0.6) is 0 Å². The topological polar surface area (TPSA) is 86.5 Å². The van der Waals surface area contributed by atoms with Crippen LogP contribution in [0.4, 0.5) is 0 Å². The summed E-state index contributed by atoms with van der Waals surface area (Å²) >= 11 is 0. The van der Waals surface area contributed by atoms with Crippen LogP contribution in [-0.4, -0.2) is 52.5 Å². The largest absolute Gasteiger partial charge is 0.464 e. The number of aliphatic hydroxyl groups is 1. The molecule has 0 aromatic carbocycles. The summed E-state index contributed by atoms with van der Waals surface area (Å²) in [5, 5.41) is 17.8. The Morgan fingerprint density at radius 3 is 2.76 bits per heavy atom. The molecule has 0 saturated carbocycles. The molecular weight excluding hydrogens is 274 g/mol. The summed E-state index contributed by atoms with van der Waals surface area (Å²) in [5.74, 6) is -0.501. The van der Waals surface area contributed by atoms with Crippen molar-refractivity contribution in [3.63, 3.8) is 0 Å². The second-order valence-corrected chi connectivity index (χ2v) is 4.89. The van der Waals surface area contributed by atoms with Gasteiger partial charge in [-0.25, -0.2) is 9.48 Å². The van der Waals surface area contributed by atoms with Crippen molar-refractivity contribution in [1.29, 1.82) is 0 Å². The summed E-state index contributed by atoms with van der Waals surface area (Å²) in [4.78, 5) is 11.6. The van der Waals surface area contributed by atoms with E-state index in [0.29, 0.717) is 18.7 Å². The van der Waals surface area contributed by atoms with Gasteiger partial charge in [0.1, 0.15) is 0 Å². The number of esters is 1. The Morgan fingerprint density at radius 1 is 1.38 bits per heavy atom. The maximum Gasteiger partial charge on any atom is 0.360 e. The van der Waals surface area contributed by atoms with Gasteiger partial charge in [0.15, 0.2) is 5.69 Å². The summed E-state index contributed by atoms with van der Waals surface area (Å²) in [6.45, 7) is 5.23. The van der Waals surface area contributed by atoms with Crippen molar-refractivity contribution in [2.45, 2.75) is 52.2 Å². The lowest BCUT2D eigenvalue weighted by Crippen LogP contribution is -2.24. The Balaban J connectivity index is 2.65. The zero-order valence-corrected chi connectivity index (χ0v) is 13.0. The zero-order chi connectivity index (χ0) is 15.7. The van der Waals surface area contributed by atoms with Gasteiger partial charge in [-0.2, -0.15) is 0 Å². The van der Waals surface area contributed by atoms with E-state index in [1.54, 1.807) is 4.68 Å². The average Bonchev–Trinajstić information content (AvgIpc) is 2.86. The number of aromatic nitrogens is 3. The van der Waals surface area contributed by atoms with Crippen LogP contribution < -0.4 is 0 Å². The third-order valence-electron chi connectivity index (χ3n) is 3.04. The number of unbranched alkanes of at least 4 members (excludes halogenated alkanes) is 1. The highest BCUT2D eigenvalue weighted by atomic mass is 16.5. The van der Waals surface area contributed by atoms with Crippen molar-refractivity contribution in [2.24, 2.45) is 0 Å². The van der Waals surface area contributed by atoms with E-state index in [0.717, 1.165) is 19.3 Å². The molecule has 1 atom stereocenters. The first kappa shape index (κ1) is 17.6. The van der Waals surface area contributed by atoms with Crippen LogP contribution in [0.1, 0.15) is 49.3 Å². The predicted molar refractivity (Wildman–Crippen MR) is 77.1 cm³/mol. The Labute approximate surface area is 125 Å². The first-order valence-corrected chi connectivity index (χ1v) is 7.40. The molecule has 0 aliphatic carbocycles. The van der Waals surface area contributed by atoms with Crippen LogP contribution in [0.2, 0.25) is 0 Å². The molecule has 1 heterocycles. The fourth-order valence-electron chi connectivity index (χ4n) is 1.94. The molecule has 1 aromatic rings. The molecule has 1 aromatic heterocycles. The molecule has 7 nitrogen and oxygen atoms in total. The molecule has 1 N–H and O–H groups in total. The number of nitrogens with zero attached hydrogens (tertiary/aromatic N) is 3. The van der Waals surface area contributed by atoms with Crippen molar-refractivity contribution in [2.75, 3.05) is 20.3 Å². The Kier molecular flexibility index (Phi) is 7.92. The van der Waals surface area contributed by atoms with Gasteiger partial charge >= 0.3 is 5.97 Å². The van der Waals surface area contributed by atoms with Crippen LogP contribution >= 0.6 is 0 Å². The molecule has 1 unspecified atom stereocenters. The molecule has 0 amide bonds. The molecule has 1 rings (SSSR count). The van der Waals surface area contributed by atoms with Crippen LogP contribution in [-0.2, 0) is 22.4 Å². The molecule has 0 aliphatic rings. The van der Waals surface area contributed by atoms with Crippen LogP contribution in [0.25, 0.3) is 0 Å². The smallest absolute Gasteiger partial charge is 0.360 e. The average molecular weight is 299 g/mol. The lowest BCUT2D eigenvalue weighted by Gasteiger charge is -2.13. The van der Waals surface area contributed by atoms with Gasteiger partial charge in [-0.3, -0.25) is 0 Å². The van der Waals surface area contributed by atoms with Crippen LogP contribution in [0.15, 0.2) is 0 Å². The van der Waals surface area contributed by atoms with Gasteiger partial charge in [-0.1, -0.05) is 31.9 Å².